The summed E-state index contributed by atoms with van der Waals surface area (Å²) in [6.07, 6.45) is 1.82. The summed E-state index contributed by atoms with van der Waals surface area (Å²) in [5, 5.41) is 11.7. The summed E-state index contributed by atoms with van der Waals surface area (Å²) >= 11 is 7.15. The SMILES string of the molecule is CCOC(=O)C1=C(O)C(=Cc2ccc(N(C)C)cc2)SC1=Nc1ccc(Cl)cc1. The Morgan fingerprint density at radius 1 is 1.17 bits per heavy atom. The number of carbonyl (C=O) groups is 1. The number of esters is 1. The highest BCUT2D eigenvalue weighted by atomic mass is 35.5. The van der Waals surface area contributed by atoms with Crippen molar-refractivity contribution in [1.82, 2.24) is 0 Å². The highest BCUT2D eigenvalue weighted by molar-refractivity contribution is 8.18. The van der Waals surface area contributed by atoms with Crippen LogP contribution in [0.2, 0.25) is 5.02 Å². The minimum absolute atomic E-state index is 0.0722. The van der Waals surface area contributed by atoms with Crippen LogP contribution in [0.4, 0.5) is 11.4 Å². The number of nitrogens with zero attached hydrogens (tertiary/aromatic N) is 2. The zero-order valence-corrected chi connectivity index (χ0v) is 17.9. The van der Waals surface area contributed by atoms with E-state index in [0.717, 1.165) is 11.3 Å². The highest BCUT2D eigenvalue weighted by Gasteiger charge is 2.33. The van der Waals surface area contributed by atoms with Gasteiger partial charge in [0.15, 0.2) is 0 Å². The van der Waals surface area contributed by atoms with Crippen LogP contribution in [-0.4, -0.2) is 36.8 Å². The van der Waals surface area contributed by atoms with Crippen molar-refractivity contribution in [3.63, 3.8) is 0 Å². The number of aliphatic hydroxyl groups is 1. The second kappa shape index (κ2) is 9.20. The van der Waals surface area contributed by atoms with Crippen LogP contribution in [0.5, 0.6) is 0 Å². The van der Waals surface area contributed by atoms with Gasteiger partial charge in [-0.25, -0.2) is 9.79 Å². The molecule has 1 N–H and O–H groups in total. The lowest BCUT2D eigenvalue weighted by Gasteiger charge is -2.11. The fraction of sp³-hybridized carbons (Fsp3) is 0.182. The number of halogens is 1. The third-order valence-electron chi connectivity index (χ3n) is 4.13. The molecule has 0 saturated heterocycles. The predicted molar refractivity (Wildman–Crippen MR) is 121 cm³/mol. The lowest BCUT2D eigenvalue weighted by atomic mass is 10.1. The fourth-order valence-electron chi connectivity index (χ4n) is 2.64. The Labute approximate surface area is 179 Å². The molecule has 2 aromatic rings. The van der Waals surface area contributed by atoms with Gasteiger partial charge in [-0.1, -0.05) is 35.5 Å². The van der Waals surface area contributed by atoms with Crippen LogP contribution in [0.1, 0.15) is 12.5 Å². The summed E-state index contributed by atoms with van der Waals surface area (Å²) < 4.78 is 5.12. The van der Waals surface area contributed by atoms with Gasteiger partial charge in [0, 0.05) is 24.8 Å². The molecular formula is C22H21ClN2O3S. The lowest BCUT2D eigenvalue weighted by Crippen LogP contribution is -2.12. The van der Waals surface area contributed by atoms with Crippen LogP contribution in [0.25, 0.3) is 6.08 Å². The van der Waals surface area contributed by atoms with Crippen LogP contribution in [0.15, 0.2) is 69.8 Å². The van der Waals surface area contributed by atoms with Crippen LogP contribution in [0.3, 0.4) is 0 Å². The maximum Gasteiger partial charge on any atom is 0.344 e. The topological polar surface area (TPSA) is 62.1 Å². The molecule has 0 aliphatic carbocycles. The number of aliphatic hydroxyl groups excluding tert-OH is 1. The first-order chi connectivity index (χ1) is 13.9. The van der Waals surface area contributed by atoms with Crippen molar-refractivity contribution in [2.75, 3.05) is 25.6 Å². The maximum atomic E-state index is 12.4. The van der Waals surface area contributed by atoms with Crippen molar-refractivity contribution in [3.8, 4) is 0 Å². The molecule has 2 aromatic carbocycles. The van der Waals surface area contributed by atoms with Gasteiger partial charge in [-0.05, 0) is 55.0 Å². The number of carbonyl (C=O) groups excluding carboxylic acids is 1. The molecule has 3 rings (SSSR count). The number of anilines is 1. The number of hydrogen-bond acceptors (Lipinski definition) is 6. The maximum absolute atomic E-state index is 12.4. The van der Waals surface area contributed by atoms with Crippen molar-refractivity contribution in [3.05, 3.63) is 75.4 Å². The molecule has 0 amide bonds. The molecule has 7 heteroatoms. The number of aliphatic imine (C=N–C) groups is 1. The Morgan fingerprint density at radius 3 is 2.41 bits per heavy atom. The molecule has 0 spiro atoms. The van der Waals surface area contributed by atoms with E-state index in [4.69, 9.17) is 16.3 Å². The molecule has 1 aliphatic heterocycles. The minimum atomic E-state index is -0.600. The third kappa shape index (κ3) is 5.02. The average molecular weight is 429 g/mol. The number of benzene rings is 2. The van der Waals surface area contributed by atoms with Gasteiger partial charge in [0.25, 0.3) is 0 Å². The molecular weight excluding hydrogens is 408 g/mol. The molecule has 0 unspecified atom stereocenters. The van der Waals surface area contributed by atoms with Crippen molar-refractivity contribution in [1.29, 1.82) is 0 Å². The lowest BCUT2D eigenvalue weighted by molar-refractivity contribution is -0.138. The molecule has 0 fully saturated rings. The molecule has 150 valence electrons. The fourth-order valence-corrected chi connectivity index (χ4v) is 3.81. The van der Waals surface area contributed by atoms with Crippen LogP contribution in [0, 0.1) is 0 Å². The summed E-state index contributed by atoms with van der Waals surface area (Å²) in [5.74, 6) is -0.727. The number of hydrogen-bond donors (Lipinski definition) is 1. The first kappa shape index (κ1) is 21.0. The first-order valence-electron chi connectivity index (χ1n) is 9.01. The summed E-state index contributed by atoms with van der Waals surface area (Å²) in [7, 11) is 3.94. The Kier molecular flexibility index (Phi) is 6.67. The van der Waals surface area contributed by atoms with Crippen LogP contribution in [-0.2, 0) is 9.53 Å². The monoisotopic (exact) mass is 428 g/mol. The predicted octanol–water partition coefficient (Wildman–Crippen LogP) is 5.60. The number of rotatable bonds is 5. The Balaban J connectivity index is 1.99. The van der Waals surface area contributed by atoms with E-state index in [1.807, 2.05) is 49.3 Å². The van der Waals surface area contributed by atoms with Gasteiger partial charge in [0.1, 0.15) is 16.4 Å². The van der Waals surface area contributed by atoms with E-state index in [-0.39, 0.29) is 17.9 Å². The molecule has 0 bridgehead atoms. The Bertz CT molecular complexity index is 994. The molecule has 0 radical (unpaired) electrons. The van der Waals surface area contributed by atoms with E-state index in [2.05, 4.69) is 4.99 Å². The second-order valence-electron chi connectivity index (χ2n) is 6.43. The Hall–Kier alpha value is -2.70. The quantitative estimate of drug-likeness (QED) is 0.628. The average Bonchev–Trinajstić information content (AvgIpc) is 2.99. The van der Waals surface area contributed by atoms with Gasteiger partial charge in [-0.15, -0.1) is 0 Å². The molecule has 1 heterocycles. The van der Waals surface area contributed by atoms with Crippen molar-refractivity contribution in [2.45, 2.75) is 6.92 Å². The van der Waals surface area contributed by atoms with E-state index in [9.17, 15) is 9.90 Å². The zero-order valence-electron chi connectivity index (χ0n) is 16.3. The largest absolute Gasteiger partial charge is 0.506 e. The van der Waals surface area contributed by atoms with Crippen molar-refractivity contribution < 1.29 is 14.6 Å². The van der Waals surface area contributed by atoms with Crippen LogP contribution >= 0.6 is 23.4 Å². The van der Waals surface area contributed by atoms with Gasteiger partial charge in [-0.2, -0.15) is 0 Å². The summed E-state index contributed by atoms with van der Waals surface area (Å²) in [4.78, 5) is 19.5. The smallest absolute Gasteiger partial charge is 0.344 e. The van der Waals surface area contributed by atoms with E-state index in [1.165, 1.54) is 11.8 Å². The molecule has 0 saturated carbocycles. The number of ether oxygens (including phenoxy) is 1. The third-order valence-corrected chi connectivity index (χ3v) is 5.41. The standard InChI is InChI=1S/C22H21ClN2O3S/c1-4-28-22(27)19-20(26)18(13-14-5-11-17(12-6-14)25(2)3)29-21(19)24-16-9-7-15(23)8-10-16/h5-13,26H,4H2,1-3H3. The molecule has 5 nitrogen and oxygen atoms in total. The normalized spacial score (nSPS) is 16.6. The summed E-state index contributed by atoms with van der Waals surface area (Å²) in [5.41, 5.74) is 2.68. The second-order valence-corrected chi connectivity index (χ2v) is 7.90. The number of thioether (sulfide) groups is 1. The molecule has 0 atom stereocenters. The van der Waals surface area contributed by atoms with Gasteiger partial charge in [0.2, 0.25) is 0 Å². The van der Waals surface area contributed by atoms with E-state index in [1.54, 1.807) is 31.2 Å². The molecule has 0 aromatic heterocycles. The van der Waals surface area contributed by atoms with Crippen molar-refractivity contribution >= 4 is 51.8 Å². The van der Waals surface area contributed by atoms with E-state index >= 15 is 0 Å². The zero-order chi connectivity index (χ0) is 21.0. The van der Waals surface area contributed by atoms with Gasteiger partial charge < -0.3 is 14.7 Å². The van der Waals surface area contributed by atoms with Crippen LogP contribution < -0.4 is 4.90 Å². The van der Waals surface area contributed by atoms with Gasteiger partial charge >= 0.3 is 5.97 Å². The van der Waals surface area contributed by atoms with Gasteiger partial charge in [-0.3, -0.25) is 0 Å². The summed E-state index contributed by atoms with van der Waals surface area (Å²) in [6.45, 7) is 1.93. The van der Waals surface area contributed by atoms with E-state index < -0.39 is 5.97 Å². The minimum Gasteiger partial charge on any atom is -0.506 e. The first-order valence-corrected chi connectivity index (χ1v) is 10.2. The molecule has 1 aliphatic rings. The van der Waals surface area contributed by atoms with Gasteiger partial charge in [0.05, 0.1) is 17.2 Å². The molecule has 29 heavy (non-hydrogen) atoms. The Morgan fingerprint density at radius 2 is 1.83 bits per heavy atom. The van der Waals surface area contributed by atoms with E-state index in [0.29, 0.717) is 20.7 Å². The summed E-state index contributed by atoms with van der Waals surface area (Å²) in [6, 6.07) is 14.8. The van der Waals surface area contributed by atoms with Crippen molar-refractivity contribution in [2.24, 2.45) is 4.99 Å². The highest BCUT2D eigenvalue weighted by Crippen LogP contribution is 2.40.